The van der Waals surface area contributed by atoms with Gasteiger partial charge in [0.05, 0.1) is 11.3 Å². The van der Waals surface area contributed by atoms with Gasteiger partial charge < -0.3 is 0 Å². The lowest BCUT2D eigenvalue weighted by Crippen LogP contribution is -1.84. The maximum absolute atomic E-state index is 13.2. The van der Waals surface area contributed by atoms with Gasteiger partial charge in [-0.05, 0) is 35.9 Å². The largest absolute Gasteiger partial charge is 0.265 e. The Balaban J connectivity index is 1.96. The van der Waals surface area contributed by atoms with Gasteiger partial charge in [-0.3, -0.25) is 4.98 Å². The first-order valence-corrected chi connectivity index (χ1v) is 7.38. The molecule has 0 N–H and O–H groups in total. The fraction of sp³-hybridized carbons (Fsp3) is 0. The summed E-state index contributed by atoms with van der Waals surface area (Å²) in [6.07, 6.45) is 5.03. The lowest BCUT2D eigenvalue weighted by atomic mass is 10.1. The van der Waals surface area contributed by atoms with E-state index in [4.69, 9.17) is 0 Å². The smallest absolute Gasteiger partial charge is 0.134 e. The van der Waals surface area contributed by atoms with E-state index in [-0.39, 0.29) is 5.82 Å². The summed E-state index contributed by atoms with van der Waals surface area (Å²) in [5.74, 6) is -0.331. The van der Waals surface area contributed by atoms with Crippen LogP contribution in [0.4, 0.5) is 4.39 Å². The Hall–Kier alpha value is -2.84. The van der Waals surface area contributed by atoms with Crippen LogP contribution in [0, 0.1) is 17.1 Å². The van der Waals surface area contributed by atoms with E-state index < -0.39 is 0 Å². The molecule has 0 saturated heterocycles. The summed E-state index contributed by atoms with van der Waals surface area (Å²) in [6.45, 7) is 0. The Kier molecular flexibility index (Phi) is 4.03. The van der Waals surface area contributed by atoms with Crippen molar-refractivity contribution in [2.75, 3.05) is 0 Å². The summed E-state index contributed by atoms with van der Waals surface area (Å²) in [7, 11) is 0. The second-order valence-corrected chi connectivity index (χ2v) is 5.36. The highest BCUT2D eigenvalue weighted by Crippen LogP contribution is 2.26. The van der Waals surface area contributed by atoms with Crippen molar-refractivity contribution < 1.29 is 4.39 Å². The number of halogens is 1. The van der Waals surface area contributed by atoms with Gasteiger partial charge in [0, 0.05) is 23.3 Å². The second-order valence-electron chi connectivity index (χ2n) is 4.50. The zero-order valence-electron chi connectivity index (χ0n) is 11.4. The second kappa shape index (κ2) is 6.29. The predicted molar refractivity (Wildman–Crippen MR) is 85.2 cm³/mol. The number of allylic oxidation sites excluding steroid dienone is 1. The summed E-state index contributed by atoms with van der Waals surface area (Å²) in [5.41, 5.74) is 2.79. The van der Waals surface area contributed by atoms with Crippen molar-refractivity contribution in [3.8, 4) is 17.3 Å². The van der Waals surface area contributed by atoms with Crippen molar-refractivity contribution in [1.29, 1.82) is 5.26 Å². The van der Waals surface area contributed by atoms with E-state index in [0.717, 1.165) is 11.3 Å². The molecule has 0 fully saturated rings. The standard InChI is InChI=1S/C17H10FN3S/c18-15-3-1-2-12(9-15)8-14(10-19)17-21-16(11-22-17)13-4-6-20-7-5-13/h1-9,11H/b14-8-. The topological polar surface area (TPSA) is 49.6 Å². The molecule has 0 saturated carbocycles. The molecule has 22 heavy (non-hydrogen) atoms. The molecule has 0 radical (unpaired) electrons. The van der Waals surface area contributed by atoms with Crippen molar-refractivity contribution in [2.24, 2.45) is 0 Å². The number of rotatable bonds is 3. The quantitative estimate of drug-likeness (QED) is 0.673. The first kappa shape index (κ1) is 14.1. The number of aromatic nitrogens is 2. The summed E-state index contributed by atoms with van der Waals surface area (Å²) in [6, 6.07) is 12.0. The number of benzene rings is 1. The van der Waals surface area contributed by atoms with E-state index in [0.29, 0.717) is 16.1 Å². The third-order valence-corrected chi connectivity index (χ3v) is 3.87. The minimum atomic E-state index is -0.331. The van der Waals surface area contributed by atoms with Crippen LogP contribution in [-0.4, -0.2) is 9.97 Å². The first-order chi connectivity index (χ1) is 10.8. The van der Waals surface area contributed by atoms with Gasteiger partial charge in [-0.25, -0.2) is 9.37 Å². The minimum absolute atomic E-state index is 0.331. The number of pyridine rings is 1. The van der Waals surface area contributed by atoms with E-state index in [2.05, 4.69) is 16.0 Å². The maximum atomic E-state index is 13.2. The highest BCUT2D eigenvalue weighted by Gasteiger charge is 2.09. The molecule has 1 aromatic carbocycles. The molecule has 0 aliphatic carbocycles. The molecule has 2 aromatic heterocycles. The van der Waals surface area contributed by atoms with Gasteiger partial charge in [0.1, 0.15) is 16.9 Å². The molecule has 0 aliphatic rings. The van der Waals surface area contributed by atoms with Crippen molar-refractivity contribution >= 4 is 23.0 Å². The molecule has 3 nitrogen and oxygen atoms in total. The van der Waals surface area contributed by atoms with Crippen LogP contribution < -0.4 is 0 Å². The Morgan fingerprint density at radius 3 is 2.77 bits per heavy atom. The molecule has 0 amide bonds. The molecule has 2 heterocycles. The zero-order valence-corrected chi connectivity index (χ0v) is 12.2. The van der Waals surface area contributed by atoms with E-state index in [1.807, 2.05) is 17.5 Å². The van der Waals surface area contributed by atoms with Crippen LogP contribution in [0.15, 0.2) is 54.2 Å². The SMILES string of the molecule is N#C/C(=C/c1cccc(F)c1)c1nc(-c2ccncc2)cs1. The average molecular weight is 307 g/mol. The molecule has 0 atom stereocenters. The van der Waals surface area contributed by atoms with Crippen LogP contribution in [0.1, 0.15) is 10.6 Å². The molecular formula is C17H10FN3S. The fourth-order valence-corrected chi connectivity index (χ4v) is 2.75. The maximum Gasteiger partial charge on any atom is 0.134 e. The number of nitriles is 1. The van der Waals surface area contributed by atoms with Gasteiger partial charge in [0.2, 0.25) is 0 Å². The van der Waals surface area contributed by atoms with Crippen molar-refractivity contribution in [2.45, 2.75) is 0 Å². The molecule has 0 aliphatic heterocycles. The van der Waals surface area contributed by atoms with Crippen LogP contribution in [0.2, 0.25) is 0 Å². The zero-order chi connectivity index (χ0) is 15.4. The lowest BCUT2D eigenvalue weighted by molar-refractivity contribution is 0.627. The number of nitrogens with zero attached hydrogens (tertiary/aromatic N) is 3. The third kappa shape index (κ3) is 3.08. The van der Waals surface area contributed by atoms with E-state index in [1.54, 1.807) is 30.6 Å². The Morgan fingerprint density at radius 2 is 2.05 bits per heavy atom. The fourth-order valence-electron chi connectivity index (χ4n) is 1.96. The molecular weight excluding hydrogens is 297 g/mol. The summed E-state index contributed by atoms with van der Waals surface area (Å²) in [4.78, 5) is 8.45. The van der Waals surface area contributed by atoms with Crippen molar-refractivity contribution in [3.63, 3.8) is 0 Å². The molecule has 0 spiro atoms. The predicted octanol–water partition coefficient (Wildman–Crippen LogP) is 4.41. The number of hydrogen-bond acceptors (Lipinski definition) is 4. The number of hydrogen-bond donors (Lipinski definition) is 0. The Bertz CT molecular complexity index is 863. The van der Waals surface area contributed by atoms with E-state index in [1.165, 1.54) is 23.5 Å². The van der Waals surface area contributed by atoms with Gasteiger partial charge in [0.15, 0.2) is 0 Å². The van der Waals surface area contributed by atoms with Crippen molar-refractivity contribution in [1.82, 2.24) is 9.97 Å². The van der Waals surface area contributed by atoms with E-state index >= 15 is 0 Å². The number of thiazole rings is 1. The van der Waals surface area contributed by atoms with Crippen molar-refractivity contribution in [3.05, 3.63) is 70.6 Å². The molecule has 0 bridgehead atoms. The van der Waals surface area contributed by atoms with Crippen LogP contribution in [0.5, 0.6) is 0 Å². The first-order valence-electron chi connectivity index (χ1n) is 6.50. The third-order valence-electron chi connectivity index (χ3n) is 2.99. The molecule has 0 unspecified atom stereocenters. The van der Waals surface area contributed by atoms with Crippen LogP contribution >= 0.6 is 11.3 Å². The van der Waals surface area contributed by atoms with Crippen LogP contribution in [0.25, 0.3) is 22.9 Å². The summed E-state index contributed by atoms with van der Waals surface area (Å²) >= 11 is 1.38. The van der Waals surface area contributed by atoms with Gasteiger partial charge >= 0.3 is 0 Å². The summed E-state index contributed by atoms with van der Waals surface area (Å²) < 4.78 is 13.2. The Morgan fingerprint density at radius 1 is 1.23 bits per heavy atom. The van der Waals surface area contributed by atoms with Gasteiger partial charge in [-0.2, -0.15) is 5.26 Å². The normalized spacial score (nSPS) is 11.2. The van der Waals surface area contributed by atoms with Crippen LogP contribution in [0.3, 0.4) is 0 Å². The summed E-state index contributed by atoms with van der Waals surface area (Å²) in [5, 5.41) is 11.8. The van der Waals surface area contributed by atoms with Gasteiger partial charge in [-0.1, -0.05) is 12.1 Å². The molecule has 3 aromatic rings. The van der Waals surface area contributed by atoms with E-state index in [9.17, 15) is 9.65 Å². The average Bonchev–Trinajstić information content (AvgIpc) is 3.03. The monoisotopic (exact) mass is 307 g/mol. The van der Waals surface area contributed by atoms with Crippen LogP contribution in [-0.2, 0) is 0 Å². The lowest BCUT2D eigenvalue weighted by Gasteiger charge is -1.96. The molecule has 3 rings (SSSR count). The highest BCUT2D eigenvalue weighted by atomic mass is 32.1. The molecule has 5 heteroatoms. The minimum Gasteiger partial charge on any atom is -0.265 e. The Labute approximate surface area is 131 Å². The van der Waals surface area contributed by atoms with Gasteiger partial charge in [-0.15, -0.1) is 11.3 Å². The van der Waals surface area contributed by atoms with Gasteiger partial charge in [0.25, 0.3) is 0 Å². The molecule has 106 valence electrons. The highest BCUT2D eigenvalue weighted by molar-refractivity contribution is 7.11.